The first-order valence-corrected chi connectivity index (χ1v) is 8.63. The average Bonchev–Trinajstić information content (AvgIpc) is 2.92. The number of Topliss-reactive ketones (excluding diaryl/α,β-unsaturated/α-hetero) is 1. The maximum absolute atomic E-state index is 12.6. The molecule has 0 unspecified atom stereocenters. The number of carbonyl (C=O) groups excluding carboxylic acids is 1. The number of benzene rings is 2. The lowest BCUT2D eigenvalue weighted by Crippen LogP contribution is -3.00. The maximum Gasteiger partial charge on any atom is 0.355 e. The molecule has 0 amide bonds. The van der Waals surface area contributed by atoms with Crippen molar-refractivity contribution in [1.29, 1.82) is 0 Å². The third kappa shape index (κ3) is 4.46. The van der Waals surface area contributed by atoms with E-state index in [0.717, 1.165) is 11.3 Å². The molecule has 3 aromatic rings. The molecule has 0 bridgehead atoms. The summed E-state index contributed by atoms with van der Waals surface area (Å²) < 4.78 is 8.63. The fourth-order valence-electron chi connectivity index (χ4n) is 2.69. The third-order valence-corrected chi connectivity index (χ3v) is 4.96. The van der Waals surface area contributed by atoms with Gasteiger partial charge in [0, 0.05) is 11.1 Å². The molecule has 0 aliphatic heterocycles. The summed E-state index contributed by atoms with van der Waals surface area (Å²) in [5.41, 5.74) is 8.47. The smallest absolute Gasteiger partial charge is 0.355 e. The van der Waals surface area contributed by atoms with E-state index in [1.807, 2.05) is 19.3 Å². The number of aromatic nitrogens is 2. The Morgan fingerprint density at radius 2 is 1.81 bits per heavy atom. The minimum absolute atomic E-state index is 0. The summed E-state index contributed by atoms with van der Waals surface area (Å²) in [4.78, 5) is 12.6. The molecular formula is C19H18BrCl2N3O2. The summed E-state index contributed by atoms with van der Waals surface area (Å²) in [6.07, 6.45) is 1.83. The van der Waals surface area contributed by atoms with Crippen LogP contribution in [0.15, 0.2) is 48.7 Å². The predicted octanol–water partition coefficient (Wildman–Crippen LogP) is 0.764. The highest BCUT2D eigenvalue weighted by Crippen LogP contribution is 2.28. The molecule has 27 heavy (non-hydrogen) atoms. The quantitative estimate of drug-likeness (QED) is 0.442. The van der Waals surface area contributed by atoms with Gasteiger partial charge in [-0.2, -0.15) is 0 Å². The molecule has 0 saturated heterocycles. The van der Waals surface area contributed by atoms with Crippen LogP contribution in [0.3, 0.4) is 0 Å². The summed E-state index contributed by atoms with van der Waals surface area (Å²) in [5, 5.41) is 0.949. The van der Waals surface area contributed by atoms with Gasteiger partial charge < -0.3 is 21.7 Å². The molecular weight excluding hydrogens is 453 g/mol. The van der Waals surface area contributed by atoms with Crippen LogP contribution in [0.5, 0.6) is 5.75 Å². The van der Waals surface area contributed by atoms with Crippen LogP contribution in [-0.2, 0) is 13.6 Å². The number of anilines is 1. The third-order valence-electron chi connectivity index (χ3n) is 4.22. The Labute approximate surface area is 178 Å². The molecule has 2 aromatic carbocycles. The SMILES string of the molecule is COc1ccc(C(=O)C[n+]2cc(-c3ccc(Cl)c(Cl)c3)n(C)c2N)cc1.[Br-]. The molecule has 0 spiro atoms. The number of nitrogens with zero attached hydrogens (tertiary/aromatic N) is 2. The Bertz CT molecular complexity index is 972. The van der Waals surface area contributed by atoms with Gasteiger partial charge in [-0.25, -0.2) is 9.13 Å². The van der Waals surface area contributed by atoms with E-state index in [4.69, 9.17) is 33.7 Å². The molecule has 5 nitrogen and oxygen atoms in total. The van der Waals surface area contributed by atoms with Crippen LogP contribution < -0.4 is 32.0 Å². The molecule has 8 heteroatoms. The number of nitrogen functional groups attached to an aromatic ring is 1. The number of hydrogen-bond donors (Lipinski definition) is 1. The Morgan fingerprint density at radius 3 is 2.41 bits per heavy atom. The number of imidazole rings is 1. The van der Waals surface area contributed by atoms with E-state index in [0.29, 0.717) is 27.3 Å². The molecule has 2 N–H and O–H groups in total. The van der Waals surface area contributed by atoms with E-state index in [-0.39, 0.29) is 29.3 Å². The number of methoxy groups -OCH3 is 1. The second-order valence-corrected chi connectivity index (χ2v) is 6.65. The van der Waals surface area contributed by atoms with Gasteiger partial charge in [-0.05, 0) is 42.5 Å². The molecule has 1 heterocycles. The zero-order valence-corrected chi connectivity index (χ0v) is 17.8. The molecule has 0 fully saturated rings. The van der Waals surface area contributed by atoms with Crippen LogP contribution in [0.1, 0.15) is 10.4 Å². The second-order valence-electron chi connectivity index (χ2n) is 5.84. The van der Waals surface area contributed by atoms with Gasteiger partial charge in [-0.1, -0.05) is 23.2 Å². The number of nitrogens with two attached hydrogens (primary N) is 1. The highest BCUT2D eigenvalue weighted by Gasteiger charge is 2.20. The fraction of sp³-hybridized carbons (Fsp3) is 0.158. The lowest BCUT2D eigenvalue weighted by atomic mass is 10.1. The van der Waals surface area contributed by atoms with Crippen molar-refractivity contribution in [2.75, 3.05) is 12.8 Å². The standard InChI is InChI=1S/C19H17Cl2N3O2.BrH/c1-23-17(13-5-8-15(20)16(21)9-13)10-24(19(23)22)11-18(25)12-3-6-14(26-2)7-4-12;/h3-10,22H,11H2,1-2H3;1H. The summed E-state index contributed by atoms with van der Waals surface area (Å²) in [6.45, 7) is 0.132. The first-order valence-electron chi connectivity index (χ1n) is 7.88. The lowest BCUT2D eigenvalue weighted by Gasteiger charge is -2.02. The number of halogens is 3. The van der Waals surface area contributed by atoms with E-state index in [1.165, 1.54) is 0 Å². The first kappa shape index (κ1) is 21.3. The number of hydrogen-bond acceptors (Lipinski definition) is 3. The van der Waals surface area contributed by atoms with Crippen molar-refractivity contribution in [3.63, 3.8) is 0 Å². The number of carbonyl (C=O) groups is 1. The van der Waals surface area contributed by atoms with E-state index >= 15 is 0 Å². The normalized spacial score (nSPS) is 10.4. The van der Waals surface area contributed by atoms with Crippen LogP contribution in [0.2, 0.25) is 10.0 Å². The molecule has 0 saturated carbocycles. The monoisotopic (exact) mass is 469 g/mol. The van der Waals surface area contributed by atoms with Gasteiger partial charge in [0.1, 0.15) is 24.2 Å². The van der Waals surface area contributed by atoms with E-state index in [9.17, 15) is 4.79 Å². The van der Waals surface area contributed by atoms with Crippen LogP contribution in [0, 0.1) is 0 Å². The van der Waals surface area contributed by atoms with Gasteiger partial charge in [-0.15, -0.1) is 0 Å². The van der Waals surface area contributed by atoms with Gasteiger partial charge in [-0.3, -0.25) is 10.5 Å². The fourth-order valence-corrected chi connectivity index (χ4v) is 2.99. The Hall–Kier alpha value is -2.02. The predicted molar refractivity (Wildman–Crippen MR) is 103 cm³/mol. The molecule has 3 rings (SSSR count). The summed E-state index contributed by atoms with van der Waals surface area (Å²) in [7, 11) is 3.42. The molecule has 0 atom stereocenters. The van der Waals surface area contributed by atoms with Gasteiger partial charge in [0.25, 0.3) is 0 Å². The van der Waals surface area contributed by atoms with Gasteiger partial charge in [0.15, 0.2) is 5.78 Å². The lowest BCUT2D eigenvalue weighted by molar-refractivity contribution is -0.667. The summed E-state index contributed by atoms with van der Waals surface area (Å²) in [5.74, 6) is 1.12. The summed E-state index contributed by atoms with van der Waals surface area (Å²) >= 11 is 12.1. The van der Waals surface area contributed by atoms with E-state index < -0.39 is 0 Å². The molecule has 0 radical (unpaired) electrons. The van der Waals surface area contributed by atoms with Crippen LogP contribution in [-0.4, -0.2) is 17.5 Å². The molecule has 1 aromatic heterocycles. The van der Waals surface area contributed by atoms with Crippen LogP contribution >= 0.6 is 23.2 Å². The van der Waals surface area contributed by atoms with Crippen LogP contribution in [0.4, 0.5) is 5.95 Å². The largest absolute Gasteiger partial charge is 1.00 e. The van der Waals surface area contributed by atoms with Crippen LogP contribution in [0.25, 0.3) is 11.3 Å². The number of ketones is 1. The van der Waals surface area contributed by atoms with E-state index in [1.54, 1.807) is 52.6 Å². The Balaban J connectivity index is 0.00000261. The zero-order chi connectivity index (χ0) is 18.8. The highest BCUT2D eigenvalue weighted by molar-refractivity contribution is 6.42. The van der Waals surface area contributed by atoms with Gasteiger partial charge in [0.05, 0.1) is 24.2 Å². The van der Waals surface area contributed by atoms with Crippen molar-refractivity contribution in [3.8, 4) is 17.0 Å². The average molecular weight is 471 g/mol. The van der Waals surface area contributed by atoms with Crippen molar-refractivity contribution in [3.05, 3.63) is 64.3 Å². The van der Waals surface area contributed by atoms with Gasteiger partial charge >= 0.3 is 5.95 Å². The van der Waals surface area contributed by atoms with Crippen molar-refractivity contribution in [2.45, 2.75) is 6.54 Å². The maximum atomic E-state index is 12.6. The minimum atomic E-state index is -0.0457. The molecule has 142 valence electrons. The molecule has 0 aliphatic carbocycles. The van der Waals surface area contributed by atoms with Crippen molar-refractivity contribution < 1.29 is 31.1 Å². The first-order chi connectivity index (χ1) is 12.4. The van der Waals surface area contributed by atoms with Crippen molar-refractivity contribution >= 4 is 34.9 Å². The number of rotatable bonds is 5. The van der Waals surface area contributed by atoms with E-state index in [2.05, 4.69) is 0 Å². The Morgan fingerprint density at radius 1 is 1.15 bits per heavy atom. The second kappa shape index (κ2) is 8.78. The molecule has 0 aliphatic rings. The summed E-state index contributed by atoms with van der Waals surface area (Å²) in [6, 6.07) is 12.4. The Kier molecular flexibility index (Phi) is 6.92. The highest BCUT2D eigenvalue weighted by atomic mass is 79.9. The topological polar surface area (TPSA) is 61.1 Å². The zero-order valence-electron chi connectivity index (χ0n) is 14.7. The van der Waals surface area contributed by atoms with Crippen molar-refractivity contribution in [2.24, 2.45) is 7.05 Å². The minimum Gasteiger partial charge on any atom is -1.00 e. The van der Waals surface area contributed by atoms with Gasteiger partial charge in [0.2, 0.25) is 0 Å². The number of ether oxygens (including phenoxy) is 1. The van der Waals surface area contributed by atoms with Crippen molar-refractivity contribution in [1.82, 2.24) is 4.57 Å².